The van der Waals surface area contributed by atoms with Crippen molar-refractivity contribution in [2.75, 3.05) is 0 Å². The van der Waals surface area contributed by atoms with Crippen molar-refractivity contribution in [3.63, 3.8) is 0 Å². The molecule has 0 fully saturated rings. The Balaban J connectivity index is 1.82. The molecule has 0 unspecified atom stereocenters. The third kappa shape index (κ3) is 1.93. The van der Waals surface area contributed by atoms with Crippen molar-refractivity contribution in [3.8, 4) is 5.69 Å². The van der Waals surface area contributed by atoms with Gasteiger partial charge in [0.15, 0.2) is 0 Å². The fourth-order valence-corrected chi connectivity index (χ4v) is 3.48. The largest absolute Gasteiger partial charge is 0.307 e. The summed E-state index contributed by atoms with van der Waals surface area (Å²) in [5.74, 6) is 0. The van der Waals surface area contributed by atoms with Gasteiger partial charge >= 0.3 is 0 Å². The highest BCUT2D eigenvalue weighted by Gasteiger charge is 2.26. The number of halogens is 1. The second-order valence-electron chi connectivity index (χ2n) is 5.88. The highest BCUT2D eigenvalue weighted by molar-refractivity contribution is 6.30. The molecular formula is C21H13ClN2. The van der Waals surface area contributed by atoms with E-state index in [2.05, 4.69) is 59.2 Å². The molecule has 0 spiro atoms. The van der Waals surface area contributed by atoms with E-state index < -0.39 is 0 Å². The molecule has 0 saturated heterocycles. The second-order valence-corrected chi connectivity index (χ2v) is 6.31. The van der Waals surface area contributed by atoms with E-state index in [4.69, 9.17) is 16.6 Å². The van der Waals surface area contributed by atoms with E-state index in [1.807, 2.05) is 24.3 Å². The predicted molar refractivity (Wildman–Crippen MR) is 100 cm³/mol. The normalized spacial score (nSPS) is 14.1. The molecule has 0 amide bonds. The topological polar surface area (TPSA) is 17.3 Å². The van der Waals surface area contributed by atoms with E-state index in [0.29, 0.717) is 0 Å². The van der Waals surface area contributed by atoms with Gasteiger partial charge in [-0.3, -0.25) is 0 Å². The van der Waals surface area contributed by atoms with Gasteiger partial charge in [0, 0.05) is 16.0 Å². The van der Waals surface area contributed by atoms with E-state index >= 15 is 0 Å². The first-order valence-corrected chi connectivity index (χ1v) is 8.24. The van der Waals surface area contributed by atoms with E-state index in [9.17, 15) is 0 Å². The van der Waals surface area contributed by atoms with Crippen LogP contribution < -0.4 is 0 Å². The summed E-state index contributed by atoms with van der Waals surface area (Å²) in [6.07, 6.45) is 0. The van der Waals surface area contributed by atoms with Crippen LogP contribution in [0.3, 0.4) is 0 Å². The third-order valence-electron chi connectivity index (χ3n) is 4.42. The van der Waals surface area contributed by atoms with Gasteiger partial charge in [0.25, 0.3) is 0 Å². The van der Waals surface area contributed by atoms with Crippen molar-refractivity contribution in [1.82, 2.24) is 4.57 Å². The lowest BCUT2D eigenvalue weighted by Crippen LogP contribution is -1.97. The number of aromatic nitrogens is 1. The lowest BCUT2D eigenvalue weighted by atomic mass is 10.1. The maximum atomic E-state index is 5.99. The molecule has 0 bridgehead atoms. The predicted octanol–water partition coefficient (Wildman–Crippen LogP) is 5.77. The Morgan fingerprint density at radius 3 is 2.42 bits per heavy atom. The van der Waals surface area contributed by atoms with Gasteiger partial charge < -0.3 is 4.57 Å². The molecule has 0 saturated carbocycles. The summed E-state index contributed by atoms with van der Waals surface area (Å²) in [6.45, 7) is 0. The molecule has 1 aromatic heterocycles. The van der Waals surface area contributed by atoms with E-state index in [1.165, 1.54) is 16.6 Å². The molecule has 0 atom stereocenters. The zero-order valence-electron chi connectivity index (χ0n) is 12.8. The Kier molecular flexibility index (Phi) is 2.88. The molecule has 3 heteroatoms. The van der Waals surface area contributed by atoms with Gasteiger partial charge in [-0.05, 0) is 42.5 Å². The maximum Gasteiger partial charge on any atom is 0.0970 e. The van der Waals surface area contributed by atoms with Crippen LogP contribution in [0.15, 0.2) is 83.9 Å². The fraction of sp³-hybridized carbons (Fsp3) is 0. The summed E-state index contributed by atoms with van der Waals surface area (Å²) in [7, 11) is 0. The Morgan fingerprint density at radius 1 is 0.792 bits per heavy atom. The van der Waals surface area contributed by atoms with Gasteiger partial charge in [-0.15, -0.1) is 0 Å². The van der Waals surface area contributed by atoms with E-state index in [0.717, 1.165) is 27.7 Å². The SMILES string of the molecule is Clc1ccc(N=C2c3ccccc3-n3c2cc2ccccc23)cc1. The van der Waals surface area contributed by atoms with Crippen molar-refractivity contribution >= 4 is 33.9 Å². The number of hydrogen-bond acceptors (Lipinski definition) is 1. The number of aliphatic imine (C=N–C) groups is 1. The Morgan fingerprint density at radius 2 is 1.54 bits per heavy atom. The standard InChI is InChI=1S/C21H13ClN2/c22-15-9-11-16(12-10-15)23-21-17-6-2-4-8-19(17)24-18-7-3-1-5-14(18)13-20(21)24/h1-13H. The number of hydrogen-bond donors (Lipinski definition) is 0. The average molecular weight is 329 g/mol. The van der Waals surface area contributed by atoms with Crippen molar-refractivity contribution < 1.29 is 0 Å². The summed E-state index contributed by atoms with van der Waals surface area (Å²) in [5, 5.41) is 1.95. The molecule has 5 rings (SSSR count). The van der Waals surface area contributed by atoms with Crippen LogP contribution in [0.4, 0.5) is 5.69 Å². The first kappa shape index (κ1) is 13.6. The average Bonchev–Trinajstić information content (AvgIpc) is 3.13. The molecule has 1 aliphatic rings. The number of para-hydroxylation sites is 2. The van der Waals surface area contributed by atoms with Crippen LogP contribution in [-0.4, -0.2) is 10.3 Å². The third-order valence-corrected chi connectivity index (χ3v) is 4.67. The van der Waals surface area contributed by atoms with Crippen LogP contribution in [0, 0.1) is 0 Å². The molecule has 24 heavy (non-hydrogen) atoms. The smallest absolute Gasteiger partial charge is 0.0970 e. The van der Waals surface area contributed by atoms with E-state index in [1.54, 1.807) is 0 Å². The van der Waals surface area contributed by atoms with Crippen molar-refractivity contribution in [3.05, 3.63) is 95.1 Å². The lowest BCUT2D eigenvalue weighted by Gasteiger charge is -2.03. The van der Waals surface area contributed by atoms with Crippen molar-refractivity contribution in [2.45, 2.75) is 0 Å². The molecule has 0 aliphatic carbocycles. The molecular weight excluding hydrogens is 316 g/mol. The van der Waals surface area contributed by atoms with Crippen LogP contribution in [0.25, 0.3) is 16.6 Å². The second kappa shape index (κ2) is 5.08. The molecule has 114 valence electrons. The molecule has 2 heterocycles. The zero-order valence-corrected chi connectivity index (χ0v) is 13.5. The Bertz CT molecular complexity index is 1100. The summed E-state index contributed by atoms with van der Waals surface area (Å²) in [4.78, 5) is 4.91. The van der Waals surface area contributed by atoms with Crippen LogP contribution >= 0.6 is 11.6 Å². The molecule has 1 aliphatic heterocycles. The van der Waals surface area contributed by atoms with Crippen LogP contribution in [0.1, 0.15) is 11.3 Å². The van der Waals surface area contributed by atoms with Gasteiger partial charge in [0.2, 0.25) is 0 Å². The summed E-state index contributed by atoms with van der Waals surface area (Å²) >= 11 is 5.99. The lowest BCUT2D eigenvalue weighted by molar-refractivity contribution is 1.14. The minimum absolute atomic E-state index is 0.722. The van der Waals surface area contributed by atoms with Crippen LogP contribution in [-0.2, 0) is 0 Å². The highest BCUT2D eigenvalue weighted by atomic mass is 35.5. The zero-order chi connectivity index (χ0) is 16.1. The number of fused-ring (bicyclic) bond motifs is 5. The molecule has 0 radical (unpaired) electrons. The van der Waals surface area contributed by atoms with Crippen LogP contribution in [0.2, 0.25) is 5.02 Å². The first-order valence-electron chi connectivity index (χ1n) is 7.86. The number of benzene rings is 3. The first-order chi connectivity index (χ1) is 11.8. The molecule has 3 aromatic carbocycles. The minimum Gasteiger partial charge on any atom is -0.307 e. The van der Waals surface area contributed by atoms with Gasteiger partial charge in [-0.1, -0.05) is 48.0 Å². The van der Waals surface area contributed by atoms with Gasteiger partial charge in [-0.2, -0.15) is 0 Å². The molecule has 2 nitrogen and oxygen atoms in total. The Hall–Kier alpha value is -2.84. The highest BCUT2D eigenvalue weighted by Crippen LogP contribution is 2.35. The van der Waals surface area contributed by atoms with Crippen LogP contribution in [0.5, 0.6) is 0 Å². The van der Waals surface area contributed by atoms with Crippen molar-refractivity contribution in [2.24, 2.45) is 4.99 Å². The van der Waals surface area contributed by atoms with Crippen molar-refractivity contribution in [1.29, 1.82) is 0 Å². The summed E-state index contributed by atoms with van der Waals surface area (Å²) < 4.78 is 2.29. The number of rotatable bonds is 1. The molecule has 0 N–H and O–H groups in total. The molecule has 4 aromatic rings. The van der Waals surface area contributed by atoms with E-state index in [-0.39, 0.29) is 0 Å². The minimum atomic E-state index is 0.722. The maximum absolute atomic E-state index is 5.99. The quantitative estimate of drug-likeness (QED) is 0.372. The fourth-order valence-electron chi connectivity index (χ4n) is 3.36. The monoisotopic (exact) mass is 328 g/mol. The van der Waals surface area contributed by atoms with Gasteiger partial charge in [0.1, 0.15) is 0 Å². The van der Waals surface area contributed by atoms with Gasteiger partial charge in [-0.25, -0.2) is 4.99 Å². The van der Waals surface area contributed by atoms with Gasteiger partial charge in [0.05, 0.1) is 28.3 Å². The summed E-state index contributed by atoms with van der Waals surface area (Å²) in [5.41, 5.74) is 6.59. The summed E-state index contributed by atoms with van der Waals surface area (Å²) in [6, 6.07) is 26.7. The number of nitrogens with zero attached hydrogens (tertiary/aromatic N) is 2. The Labute approximate surface area is 144 Å².